The van der Waals surface area contributed by atoms with Gasteiger partial charge in [-0.3, -0.25) is 24.3 Å². The SMILES string of the molecule is Cc1cc(NC(=O)Cn2cnc3c(cnn3-c3ccccc3[N+](=O)[O-])c2=O)no1. The number of fused-ring (bicyclic) bond motifs is 1. The van der Waals surface area contributed by atoms with Crippen LogP contribution in [0.4, 0.5) is 11.5 Å². The number of carbonyl (C=O) groups is 1. The van der Waals surface area contributed by atoms with E-state index in [9.17, 15) is 19.7 Å². The number of aromatic nitrogens is 5. The number of nitrogens with one attached hydrogen (secondary N) is 1. The number of nitrogens with zero attached hydrogens (tertiary/aromatic N) is 6. The molecule has 0 aliphatic rings. The van der Waals surface area contributed by atoms with Crippen LogP contribution in [-0.2, 0) is 11.3 Å². The Morgan fingerprint density at radius 3 is 2.86 bits per heavy atom. The molecule has 0 bridgehead atoms. The molecule has 1 amide bonds. The fourth-order valence-electron chi connectivity index (χ4n) is 2.80. The quantitative estimate of drug-likeness (QED) is 0.393. The summed E-state index contributed by atoms with van der Waals surface area (Å²) in [4.78, 5) is 39.8. The van der Waals surface area contributed by atoms with E-state index in [1.165, 1.54) is 35.4 Å². The van der Waals surface area contributed by atoms with Crippen molar-refractivity contribution in [3.05, 3.63) is 69.1 Å². The fourth-order valence-corrected chi connectivity index (χ4v) is 2.80. The fraction of sp³-hybridized carbons (Fsp3) is 0.118. The van der Waals surface area contributed by atoms with Crippen LogP contribution in [0.3, 0.4) is 0 Å². The van der Waals surface area contributed by atoms with Gasteiger partial charge >= 0.3 is 0 Å². The van der Waals surface area contributed by atoms with Crippen LogP contribution in [0.15, 0.2) is 52.2 Å². The van der Waals surface area contributed by atoms with Crippen LogP contribution in [0.25, 0.3) is 16.7 Å². The number of para-hydroxylation sites is 2. The highest BCUT2D eigenvalue weighted by molar-refractivity contribution is 5.89. The predicted octanol–water partition coefficient (Wildman–Crippen LogP) is 1.43. The number of hydrogen-bond acceptors (Lipinski definition) is 8. The molecular formula is C17H13N7O5. The Morgan fingerprint density at radius 2 is 2.14 bits per heavy atom. The molecule has 146 valence electrons. The van der Waals surface area contributed by atoms with Gasteiger partial charge in [-0.05, 0) is 13.0 Å². The van der Waals surface area contributed by atoms with Crippen LogP contribution in [-0.4, -0.2) is 35.3 Å². The monoisotopic (exact) mass is 395 g/mol. The molecule has 0 aliphatic heterocycles. The van der Waals surface area contributed by atoms with Gasteiger partial charge in [-0.2, -0.15) is 5.10 Å². The first-order valence-corrected chi connectivity index (χ1v) is 8.34. The molecule has 0 radical (unpaired) electrons. The zero-order valence-corrected chi connectivity index (χ0v) is 15.0. The van der Waals surface area contributed by atoms with E-state index < -0.39 is 16.4 Å². The molecule has 29 heavy (non-hydrogen) atoms. The molecule has 0 fully saturated rings. The van der Waals surface area contributed by atoms with Gasteiger partial charge in [-0.1, -0.05) is 17.3 Å². The van der Waals surface area contributed by atoms with Gasteiger partial charge in [0, 0.05) is 12.1 Å². The van der Waals surface area contributed by atoms with Crippen LogP contribution in [0.1, 0.15) is 5.76 Å². The zero-order valence-electron chi connectivity index (χ0n) is 15.0. The summed E-state index contributed by atoms with van der Waals surface area (Å²) in [5, 5.41) is 21.6. The van der Waals surface area contributed by atoms with Crippen LogP contribution in [0, 0.1) is 17.0 Å². The highest BCUT2D eigenvalue weighted by Crippen LogP contribution is 2.23. The maximum atomic E-state index is 12.7. The maximum absolute atomic E-state index is 12.7. The lowest BCUT2D eigenvalue weighted by molar-refractivity contribution is -0.384. The summed E-state index contributed by atoms with van der Waals surface area (Å²) in [6.45, 7) is 1.38. The standard InChI is InChI=1S/C17H13N7O5/c1-10-6-14(21-29-10)20-15(25)8-22-9-18-16-11(17(22)26)7-19-23(16)12-4-2-3-5-13(12)24(27)28/h2-7,9H,8H2,1H3,(H,20,21,25). The minimum absolute atomic E-state index is 0.121. The van der Waals surface area contributed by atoms with Gasteiger partial charge in [0.25, 0.3) is 11.2 Å². The number of benzene rings is 1. The molecular weight excluding hydrogens is 382 g/mol. The van der Waals surface area contributed by atoms with Crippen molar-refractivity contribution in [2.45, 2.75) is 13.5 Å². The maximum Gasteiger partial charge on any atom is 0.294 e. The Bertz CT molecular complexity index is 1300. The molecule has 3 aromatic heterocycles. The van der Waals surface area contributed by atoms with E-state index in [-0.39, 0.29) is 34.8 Å². The second kappa shape index (κ2) is 6.99. The Balaban J connectivity index is 1.67. The summed E-state index contributed by atoms with van der Waals surface area (Å²) in [6.07, 6.45) is 2.45. The van der Waals surface area contributed by atoms with E-state index in [4.69, 9.17) is 4.52 Å². The zero-order chi connectivity index (χ0) is 20.5. The molecule has 0 aliphatic carbocycles. The highest BCUT2D eigenvalue weighted by Gasteiger charge is 2.19. The molecule has 0 spiro atoms. The summed E-state index contributed by atoms with van der Waals surface area (Å²) in [5.41, 5.74) is -0.360. The van der Waals surface area contributed by atoms with Crippen molar-refractivity contribution in [3.63, 3.8) is 0 Å². The van der Waals surface area contributed by atoms with Gasteiger partial charge in [-0.15, -0.1) is 0 Å². The van der Waals surface area contributed by atoms with Gasteiger partial charge in [-0.25, -0.2) is 9.67 Å². The average molecular weight is 395 g/mol. The third-order valence-corrected chi connectivity index (χ3v) is 4.07. The smallest absolute Gasteiger partial charge is 0.294 e. The average Bonchev–Trinajstić information content (AvgIpc) is 3.30. The topological polar surface area (TPSA) is 151 Å². The second-order valence-electron chi connectivity index (χ2n) is 6.09. The van der Waals surface area contributed by atoms with E-state index in [1.807, 2.05) is 0 Å². The molecule has 1 N–H and O–H groups in total. The van der Waals surface area contributed by atoms with Crippen molar-refractivity contribution in [2.24, 2.45) is 0 Å². The second-order valence-corrected chi connectivity index (χ2v) is 6.09. The summed E-state index contributed by atoms with van der Waals surface area (Å²) >= 11 is 0. The first-order valence-electron chi connectivity index (χ1n) is 8.34. The van der Waals surface area contributed by atoms with E-state index in [2.05, 4.69) is 20.6 Å². The van der Waals surface area contributed by atoms with Crippen LogP contribution >= 0.6 is 0 Å². The molecule has 0 saturated carbocycles. The van der Waals surface area contributed by atoms with Crippen molar-refractivity contribution >= 4 is 28.4 Å². The van der Waals surface area contributed by atoms with Crippen molar-refractivity contribution in [1.82, 2.24) is 24.5 Å². The highest BCUT2D eigenvalue weighted by atomic mass is 16.6. The molecule has 12 heteroatoms. The normalized spacial score (nSPS) is 10.9. The van der Waals surface area contributed by atoms with E-state index in [1.54, 1.807) is 19.1 Å². The van der Waals surface area contributed by atoms with Crippen LogP contribution in [0.2, 0.25) is 0 Å². The summed E-state index contributed by atoms with van der Waals surface area (Å²) in [5.74, 6) is 0.273. The number of aryl methyl sites for hydroxylation is 1. The van der Waals surface area contributed by atoms with Gasteiger partial charge in [0.2, 0.25) is 5.91 Å². The van der Waals surface area contributed by atoms with Gasteiger partial charge in [0.15, 0.2) is 11.5 Å². The number of amides is 1. The van der Waals surface area contributed by atoms with Crippen molar-refractivity contribution in [1.29, 1.82) is 0 Å². The van der Waals surface area contributed by atoms with E-state index in [0.717, 1.165) is 4.57 Å². The molecule has 1 aromatic carbocycles. The molecule has 4 aromatic rings. The third kappa shape index (κ3) is 3.34. The number of carbonyl (C=O) groups excluding carboxylic acids is 1. The van der Waals surface area contributed by atoms with Gasteiger partial charge < -0.3 is 9.84 Å². The van der Waals surface area contributed by atoms with Crippen molar-refractivity contribution in [3.8, 4) is 5.69 Å². The number of nitro groups is 1. The lowest BCUT2D eigenvalue weighted by Crippen LogP contribution is -2.28. The minimum atomic E-state index is -0.542. The number of anilines is 1. The van der Waals surface area contributed by atoms with Crippen molar-refractivity contribution < 1.29 is 14.2 Å². The van der Waals surface area contributed by atoms with E-state index in [0.29, 0.717) is 5.76 Å². The molecule has 0 saturated heterocycles. The van der Waals surface area contributed by atoms with Crippen LogP contribution in [0.5, 0.6) is 0 Å². The molecule has 3 heterocycles. The third-order valence-electron chi connectivity index (χ3n) is 4.07. The Morgan fingerprint density at radius 1 is 1.34 bits per heavy atom. The van der Waals surface area contributed by atoms with E-state index >= 15 is 0 Å². The van der Waals surface area contributed by atoms with Gasteiger partial charge in [0.1, 0.15) is 29.7 Å². The number of rotatable bonds is 5. The lowest BCUT2D eigenvalue weighted by Gasteiger charge is -2.06. The predicted molar refractivity (Wildman–Crippen MR) is 99.6 cm³/mol. The summed E-state index contributed by atoms with van der Waals surface area (Å²) in [6, 6.07) is 7.53. The molecule has 4 rings (SSSR count). The Labute approximate surface area is 161 Å². The summed E-state index contributed by atoms with van der Waals surface area (Å²) in [7, 11) is 0. The molecule has 0 atom stereocenters. The summed E-state index contributed by atoms with van der Waals surface area (Å²) < 4.78 is 7.19. The largest absolute Gasteiger partial charge is 0.360 e. The lowest BCUT2D eigenvalue weighted by atomic mass is 10.2. The first-order chi connectivity index (χ1) is 13.9. The number of hydrogen-bond donors (Lipinski definition) is 1. The molecule has 12 nitrogen and oxygen atoms in total. The van der Waals surface area contributed by atoms with Crippen molar-refractivity contribution in [2.75, 3.05) is 5.32 Å². The van der Waals surface area contributed by atoms with Crippen LogP contribution < -0.4 is 10.9 Å². The van der Waals surface area contributed by atoms with Gasteiger partial charge in [0.05, 0.1) is 11.1 Å². The Hall–Kier alpha value is -4.35. The first kappa shape index (κ1) is 18.0. The number of nitro benzene ring substituents is 1. The Kier molecular flexibility index (Phi) is 4.35. The molecule has 0 unspecified atom stereocenters. The minimum Gasteiger partial charge on any atom is -0.360 e.